The van der Waals surface area contributed by atoms with Crippen molar-refractivity contribution in [1.29, 1.82) is 0 Å². The lowest BCUT2D eigenvalue weighted by atomic mass is 9.83. The summed E-state index contributed by atoms with van der Waals surface area (Å²) in [4.78, 5) is 4.63. The highest BCUT2D eigenvalue weighted by atomic mass is 14.9. The molecule has 0 aliphatic heterocycles. The maximum atomic E-state index is 4.63. The van der Waals surface area contributed by atoms with Crippen LogP contribution in [0.2, 0.25) is 0 Å². The molecule has 0 radical (unpaired) electrons. The minimum atomic E-state index is 0.230. The summed E-state index contributed by atoms with van der Waals surface area (Å²) in [5.41, 5.74) is 1.43. The smallest absolute Gasteiger partial charge is 0.0497 e. The highest BCUT2D eigenvalue weighted by Crippen LogP contribution is 2.25. The van der Waals surface area contributed by atoms with Gasteiger partial charge in [0.1, 0.15) is 0 Å². The molecule has 0 saturated heterocycles. The Labute approximate surface area is 122 Å². The van der Waals surface area contributed by atoms with Gasteiger partial charge in [-0.15, -0.1) is 0 Å². The molecular formula is C18H26N2. The summed E-state index contributed by atoms with van der Waals surface area (Å²) in [6.45, 7) is 10.2. The first-order valence-corrected chi connectivity index (χ1v) is 7.58. The minimum absolute atomic E-state index is 0.230. The molecule has 2 aromatic rings. The van der Waals surface area contributed by atoms with Crippen molar-refractivity contribution in [1.82, 2.24) is 10.3 Å². The quantitative estimate of drug-likeness (QED) is 0.881. The first-order chi connectivity index (χ1) is 9.52. The molecule has 2 heteroatoms. The van der Waals surface area contributed by atoms with Crippen LogP contribution in [-0.4, -0.2) is 17.6 Å². The fourth-order valence-corrected chi connectivity index (χ4v) is 2.54. The Morgan fingerprint density at radius 2 is 1.90 bits per heavy atom. The van der Waals surface area contributed by atoms with Crippen LogP contribution in [0.4, 0.5) is 0 Å². The number of nitrogens with one attached hydrogen (secondary N) is 1. The molecule has 1 aromatic heterocycles. The van der Waals surface area contributed by atoms with Gasteiger partial charge < -0.3 is 5.32 Å². The Balaban J connectivity index is 2.28. The van der Waals surface area contributed by atoms with E-state index in [1.54, 1.807) is 0 Å². The minimum Gasteiger partial charge on any atom is -0.313 e. The standard InChI is InChI=1S/C18H26N2/c1-5-11-20-17(18(2,3)4)13-16-15-9-7-6-8-14(15)10-12-19-16/h6-10,12,17,20H,5,11,13H2,1-4H3. The predicted octanol–water partition coefficient (Wildman–Crippen LogP) is 4.19. The van der Waals surface area contributed by atoms with Crippen LogP contribution in [0.25, 0.3) is 10.8 Å². The normalized spacial score (nSPS) is 13.6. The number of rotatable bonds is 5. The Morgan fingerprint density at radius 1 is 1.15 bits per heavy atom. The average Bonchev–Trinajstić information content (AvgIpc) is 2.42. The Bertz CT molecular complexity index is 549. The van der Waals surface area contributed by atoms with E-state index in [-0.39, 0.29) is 5.41 Å². The van der Waals surface area contributed by atoms with Gasteiger partial charge in [0.05, 0.1) is 0 Å². The molecule has 2 rings (SSSR count). The van der Waals surface area contributed by atoms with Gasteiger partial charge in [0.2, 0.25) is 0 Å². The average molecular weight is 270 g/mol. The van der Waals surface area contributed by atoms with Crippen molar-refractivity contribution in [3.63, 3.8) is 0 Å². The van der Waals surface area contributed by atoms with Crippen LogP contribution in [0.15, 0.2) is 36.5 Å². The predicted molar refractivity (Wildman–Crippen MR) is 87.0 cm³/mol. The van der Waals surface area contributed by atoms with E-state index in [4.69, 9.17) is 0 Å². The van der Waals surface area contributed by atoms with E-state index in [9.17, 15) is 0 Å². The van der Waals surface area contributed by atoms with Crippen molar-refractivity contribution in [2.75, 3.05) is 6.54 Å². The highest BCUT2D eigenvalue weighted by molar-refractivity contribution is 5.84. The van der Waals surface area contributed by atoms with Crippen LogP contribution in [-0.2, 0) is 6.42 Å². The summed E-state index contributed by atoms with van der Waals surface area (Å²) in [5, 5.41) is 6.24. The van der Waals surface area contributed by atoms with E-state index in [0.717, 1.165) is 19.4 Å². The van der Waals surface area contributed by atoms with Crippen molar-refractivity contribution in [3.8, 4) is 0 Å². The number of aromatic nitrogens is 1. The van der Waals surface area contributed by atoms with Crippen LogP contribution in [0.5, 0.6) is 0 Å². The molecule has 108 valence electrons. The van der Waals surface area contributed by atoms with Gasteiger partial charge in [-0.3, -0.25) is 4.98 Å². The highest BCUT2D eigenvalue weighted by Gasteiger charge is 2.25. The molecule has 0 bridgehead atoms. The molecule has 1 atom stereocenters. The zero-order chi connectivity index (χ0) is 14.6. The molecule has 0 spiro atoms. The lowest BCUT2D eigenvalue weighted by molar-refractivity contribution is 0.266. The molecule has 2 nitrogen and oxygen atoms in total. The largest absolute Gasteiger partial charge is 0.313 e. The summed E-state index contributed by atoms with van der Waals surface area (Å²) >= 11 is 0. The molecule has 1 aromatic carbocycles. The third kappa shape index (κ3) is 3.57. The first-order valence-electron chi connectivity index (χ1n) is 7.58. The third-order valence-corrected chi connectivity index (χ3v) is 3.84. The van der Waals surface area contributed by atoms with E-state index in [2.05, 4.69) is 68.3 Å². The molecule has 0 saturated carbocycles. The van der Waals surface area contributed by atoms with Gasteiger partial charge in [-0.25, -0.2) is 0 Å². The number of fused-ring (bicyclic) bond motifs is 1. The second kappa shape index (κ2) is 6.36. The third-order valence-electron chi connectivity index (χ3n) is 3.84. The fourth-order valence-electron chi connectivity index (χ4n) is 2.54. The van der Waals surface area contributed by atoms with Gasteiger partial charge in [0.25, 0.3) is 0 Å². The molecular weight excluding hydrogens is 244 g/mol. The molecule has 0 amide bonds. The molecule has 0 fully saturated rings. The summed E-state index contributed by atoms with van der Waals surface area (Å²) in [6, 6.07) is 11.1. The maximum absolute atomic E-state index is 4.63. The van der Waals surface area contributed by atoms with Crippen molar-refractivity contribution in [3.05, 3.63) is 42.2 Å². The Hall–Kier alpha value is -1.41. The Kier molecular flexibility index (Phi) is 4.77. The monoisotopic (exact) mass is 270 g/mol. The van der Waals surface area contributed by atoms with E-state index >= 15 is 0 Å². The van der Waals surface area contributed by atoms with Gasteiger partial charge >= 0.3 is 0 Å². The van der Waals surface area contributed by atoms with Crippen molar-refractivity contribution in [2.45, 2.75) is 46.6 Å². The molecule has 0 aliphatic rings. The summed E-state index contributed by atoms with van der Waals surface area (Å²) in [6.07, 6.45) is 4.07. The lowest BCUT2D eigenvalue weighted by Crippen LogP contribution is -2.42. The van der Waals surface area contributed by atoms with E-state index in [1.807, 2.05) is 6.20 Å². The molecule has 20 heavy (non-hydrogen) atoms. The molecule has 1 N–H and O–H groups in total. The van der Waals surface area contributed by atoms with Gasteiger partial charge in [-0.1, -0.05) is 52.0 Å². The van der Waals surface area contributed by atoms with E-state index in [0.29, 0.717) is 6.04 Å². The zero-order valence-corrected chi connectivity index (χ0v) is 13.1. The number of hydrogen-bond donors (Lipinski definition) is 1. The number of nitrogens with zero attached hydrogens (tertiary/aromatic N) is 1. The van der Waals surface area contributed by atoms with Crippen LogP contribution in [0.3, 0.4) is 0 Å². The van der Waals surface area contributed by atoms with Crippen LogP contribution in [0.1, 0.15) is 39.8 Å². The number of pyridine rings is 1. The molecule has 1 unspecified atom stereocenters. The SMILES string of the molecule is CCCNC(Cc1nccc2ccccc12)C(C)(C)C. The topological polar surface area (TPSA) is 24.9 Å². The van der Waals surface area contributed by atoms with Gasteiger partial charge in [0, 0.05) is 29.7 Å². The molecule has 1 heterocycles. The van der Waals surface area contributed by atoms with Crippen molar-refractivity contribution in [2.24, 2.45) is 5.41 Å². The number of hydrogen-bond acceptors (Lipinski definition) is 2. The van der Waals surface area contributed by atoms with Crippen LogP contribution >= 0.6 is 0 Å². The lowest BCUT2D eigenvalue weighted by Gasteiger charge is -2.32. The first kappa shape index (κ1) is 15.0. The summed E-state index contributed by atoms with van der Waals surface area (Å²) in [7, 11) is 0. The number of benzene rings is 1. The van der Waals surface area contributed by atoms with Gasteiger partial charge in [0.15, 0.2) is 0 Å². The summed E-state index contributed by atoms with van der Waals surface area (Å²) < 4.78 is 0. The van der Waals surface area contributed by atoms with E-state index in [1.165, 1.54) is 16.5 Å². The van der Waals surface area contributed by atoms with E-state index < -0.39 is 0 Å². The maximum Gasteiger partial charge on any atom is 0.0497 e. The zero-order valence-electron chi connectivity index (χ0n) is 13.1. The van der Waals surface area contributed by atoms with Crippen molar-refractivity contribution < 1.29 is 0 Å². The Morgan fingerprint density at radius 3 is 2.60 bits per heavy atom. The fraction of sp³-hybridized carbons (Fsp3) is 0.500. The summed E-state index contributed by atoms with van der Waals surface area (Å²) in [5.74, 6) is 0. The van der Waals surface area contributed by atoms with Crippen molar-refractivity contribution >= 4 is 10.8 Å². The molecule has 0 aliphatic carbocycles. The second-order valence-electron chi connectivity index (χ2n) is 6.56. The van der Waals surface area contributed by atoms with Gasteiger partial charge in [-0.2, -0.15) is 0 Å². The van der Waals surface area contributed by atoms with Crippen LogP contribution < -0.4 is 5.32 Å². The second-order valence-corrected chi connectivity index (χ2v) is 6.56. The van der Waals surface area contributed by atoms with Crippen LogP contribution in [0, 0.1) is 5.41 Å². The van der Waals surface area contributed by atoms with Gasteiger partial charge in [-0.05, 0) is 29.8 Å².